The first-order chi connectivity index (χ1) is 13.6. The smallest absolute Gasteiger partial charge is 0.254 e. The van der Waals surface area contributed by atoms with E-state index in [0.717, 1.165) is 55.0 Å². The minimum Gasteiger partial charge on any atom is -0.336 e. The first kappa shape index (κ1) is 19.2. The van der Waals surface area contributed by atoms with Crippen molar-refractivity contribution >= 4 is 5.91 Å². The van der Waals surface area contributed by atoms with Crippen LogP contribution in [0.5, 0.6) is 0 Å². The second kappa shape index (κ2) is 8.48. The molecule has 2 aliphatic heterocycles. The number of likely N-dealkylation sites (tertiary alicyclic amines) is 2. The molecule has 1 aromatic carbocycles. The van der Waals surface area contributed by atoms with Crippen LogP contribution in [0.15, 0.2) is 30.3 Å². The van der Waals surface area contributed by atoms with E-state index in [4.69, 9.17) is 0 Å². The number of carbonyl (C=O) groups excluding carboxylic acids is 1. The number of hydrogen-bond acceptors (Lipinski definition) is 3. The van der Waals surface area contributed by atoms with E-state index in [9.17, 15) is 4.79 Å². The minimum absolute atomic E-state index is 0.175. The molecule has 0 spiro atoms. The van der Waals surface area contributed by atoms with Gasteiger partial charge in [-0.3, -0.25) is 4.79 Å². The Bertz CT molecular complexity index is 822. The molecule has 2 aromatic rings. The summed E-state index contributed by atoms with van der Waals surface area (Å²) >= 11 is 0. The Kier molecular flexibility index (Phi) is 5.81. The van der Waals surface area contributed by atoms with E-state index >= 15 is 0 Å². The van der Waals surface area contributed by atoms with Gasteiger partial charge in [0.1, 0.15) is 0 Å². The Hall–Kier alpha value is -2.14. The third-order valence-corrected chi connectivity index (χ3v) is 6.21. The summed E-state index contributed by atoms with van der Waals surface area (Å²) in [5.74, 6) is 0.175. The largest absolute Gasteiger partial charge is 0.336 e. The van der Waals surface area contributed by atoms with E-state index in [1.807, 2.05) is 42.8 Å². The van der Waals surface area contributed by atoms with Gasteiger partial charge in [0, 0.05) is 30.4 Å². The fourth-order valence-corrected chi connectivity index (χ4v) is 4.73. The number of benzene rings is 1. The summed E-state index contributed by atoms with van der Waals surface area (Å²) in [4.78, 5) is 18.1. The van der Waals surface area contributed by atoms with Crippen molar-refractivity contribution in [3.63, 3.8) is 0 Å². The van der Waals surface area contributed by atoms with Gasteiger partial charge in [-0.1, -0.05) is 6.07 Å². The summed E-state index contributed by atoms with van der Waals surface area (Å²) in [5.41, 5.74) is 3.82. The molecule has 5 nitrogen and oxygen atoms in total. The number of nitrogens with zero attached hydrogens (tertiary/aromatic N) is 4. The second-order valence-corrected chi connectivity index (χ2v) is 8.37. The Morgan fingerprint density at radius 3 is 2.61 bits per heavy atom. The lowest BCUT2D eigenvalue weighted by atomic mass is 9.98. The van der Waals surface area contributed by atoms with Crippen LogP contribution in [0.25, 0.3) is 5.69 Å². The van der Waals surface area contributed by atoms with Gasteiger partial charge < -0.3 is 9.80 Å². The number of piperidine rings is 1. The van der Waals surface area contributed by atoms with Crippen LogP contribution in [0, 0.1) is 13.8 Å². The van der Waals surface area contributed by atoms with E-state index in [1.165, 1.54) is 32.4 Å². The maximum Gasteiger partial charge on any atom is 0.254 e. The Labute approximate surface area is 168 Å². The van der Waals surface area contributed by atoms with Crippen LogP contribution in [0.2, 0.25) is 0 Å². The molecule has 2 aliphatic rings. The molecule has 1 amide bonds. The van der Waals surface area contributed by atoms with Crippen molar-refractivity contribution in [2.24, 2.45) is 0 Å². The van der Waals surface area contributed by atoms with E-state index in [2.05, 4.69) is 21.0 Å². The zero-order valence-electron chi connectivity index (χ0n) is 17.2. The van der Waals surface area contributed by atoms with Crippen LogP contribution in [0.4, 0.5) is 0 Å². The second-order valence-electron chi connectivity index (χ2n) is 8.37. The maximum atomic E-state index is 13.4. The highest BCUT2D eigenvalue weighted by Gasteiger charge is 2.28. The van der Waals surface area contributed by atoms with Crippen molar-refractivity contribution in [1.29, 1.82) is 0 Å². The van der Waals surface area contributed by atoms with Gasteiger partial charge in [0.2, 0.25) is 0 Å². The summed E-state index contributed by atoms with van der Waals surface area (Å²) in [6.45, 7) is 8.51. The van der Waals surface area contributed by atoms with Gasteiger partial charge in [-0.2, -0.15) is 5.10 Å². The Morgan fingerprint density at radius 1 is 1.07 bits per heavy atom. The number of amides is 1. The molecule has 0 aliphatic carbocycles. The predicted molar refractivity (Wildman–Crippen MR) is 112 cm³/mol. The minimum atomic E-state index is 0.175. The quantitative estimate of drug-likeness (QED) is 0.788. The van der Waals surface area contributed by atoms with Gasteiger partial charge in [-0.15, -0.1) is 0 Å². The van der Waals surface area contributed by atoms with Crippen LogP contribution in [0.3, 0.4) is 0 Å². The molecule has 3 heterocycles. The fourth-order valence-electron chi connectivity index (χ4n) is 4.73. The van der Waals surface area contributed by atoms with Gasteiger partial charge in [0.25, 0.3) is 5.91 Å². The summed E-state index contributed by atoms with van der Waals surface area (Å²) in [6.07, 6.45) is 7.24. The van der Waals surface area contributed by atoms with Crippen molar-refractivity contribution in [3.8, 4) is 5.69 Å². The van der Waals surface area contributed by atoms with Crippen molar-refractivity contribution < 1.29 is 4.79 Å². The van der Waals surface area contributed by atoms with Crippen molar-refractivity contribution in [2.75, 3.05) is 26.2 Å². The summed E-state index contributed by atoms with van der Waals surface area (Å²) in [6, 6.07) is 10.4. The summed E-state index contributed by atoms with van der Waals surface area (Å²) in [7, 11) is 0. The third kappa shape index (κ3) is 4.14. The molecule has 2 fully saturated rings. The van der Waals surface area contributed by atoms with Crippen molar-refractivity contribution in [2.45, 2.75) is 58.4 Å². The number of aromatic nitrogens is 2. The van der Waals surface area contributed by atoms with Gasteiger partial charge >= 0.3 is 0 Å². The van der Waals surface area contributed by atoms with E-state index in [-0.39, 0.29) is 5.91 Å². The summed E-state index contributed by atoms with van der Waals surface area (Å²) in [5, 5.41) is 4.57. The van der Waals surface area contributed by atoms with Crippen LogP contribution in [-0.4, -0.2) is 57.7 Å². The van der Waals surface area contributed by atoms with E-state index in [1.54, 1.807) is 0 Å². The highest BCUT2D eigenvalue weighted by Crippen LogP contribution is 2.24. The highest BCUT2D eigenvalue weighted by molar-refractivity contribution is 5.95. The monoisotopic (exact) mass is 380 g/mol. The normalized spacial score (nSPS) is 20.6. The molecule has 1 unspecified atom stereocenters. The summed E-state index contributed by atoms with van der Waals surface area (Å²) < 4.78 is 1.92. The van der Waals surface area contributed by atoms with Gasteiger partial charge in [0.05, 0.1) is 11.4 Å². The van der Waals surface area contributed by atoms with E-state index < -0.39 is 0 Å². The average molecular weight is 381 g/mol. The average Bonchev–Trinajstić information content (AvgIpc) is 3.35. The standard InChI is InChI=1S/C23H32N4O/c1-18-16-19(2)27(24-18)22-10-7-8-20(17-22)23(28)26-14-4-3-9-21(26)11-15-25-12-5-6-13-25/h7-8,10,16-17,21H,3-6,9,11-15H2,1-2H3. The van der Waals surface area contributed by atoms with Crippen LogP contribution in [0.1, 0.15) is 60.3 Å². The molecule has 4 rings (SSSR count). The Morgan fingerprint density at radius 2 is 1.86 bits per heavy atom. The molecular formula is C23H32N4O. The van der Waals surface area contributed by atoms with Gasteiger partial charge in [0.15, 0.2) is 0 Å². The molecule has 1 aromatic heterocycles. The van der Waals surface area contributed by atoms with Crippen LogP contribution in [-0.2, 0) is 0 Å². The highest BCUT2D eigenvalue weighted by atomic mass is 16.2. The number of hydrogen-bond donors (Lipinski definition) is 0. The predicted octanol–water partition coefficient (Wildman–Crippen LogP) is 3.97. The van der Waals surface area contributed by atoms with E-state index in [0.29, 0.717) is 6.04 Å². The van der Waals surface area contributed by atoms with Crippen LogP contribution >= 0.6 is 0 Å². The van der Waals surface area contributed by atoms with Crippen molar-refractivity contribution in [1.82, 2.24) is 19.6 Å². The molecule has 2 saturated heterocycles. The van der Waals surface area contributed by atoms with Crippen LogP contribution < -0.4 is 0 Å². The third-order valence-electron chi connectivity index (χ3n) is 6.21. The zero-order valence-corrected chi connectivity index (χ0v) is 17.2. The first-order valence-corrected chi connectivity index (χ1v) is 10.8. The molecule has 0 saturated carbocycles. The SMILES string of the molecule is Cc1cc(C)n(-c2cccc(C(=O)N3CCCCC3CCN3CCCC3)c2)n1. The molecule has 0 N–H and O–H groups in total. The lowest BCUT2D eigenvalue weighted by Gasteiger charge is -2.36. The molecule has 150 valence electrons. The topological polar surface area (TPSA) is 41.4 Å². The maximum absolute atomic E-state index is 13.4. The number of carbonyl (C=O) groups is 1. The molecule has 5 heteroatoms. The number of rotatable bonds is 5. The zero-order chi connectivity index (χ0) is 19.5. The molecule has 1 atom stereocenters. The molecular weight excluding hydrogens is 348 g/mol. The van der Waals surface area contributed by atoms with Crippen molar-refractivity contribution in [3.05, 3.63) is 47.3 Å². The van der Waals surface area contributed by atoms with Gasteiger partial charge in [-0.05, 0) is 89.7 Å². The van der Waals surface area contributed by atoms with Gasteiger partial charge in [-0.25, -0.2) is 4.68 Å². The fraction of sp³-hybridized carbons (Fsp3) is 0.565. The molecule has 0 radical (unpaired) electrons. The lowest BCUT2D eigenvalue weighted by molar-refractivity contribution is 0.0588. The molecule has 0 bridgehead atoms. The number of aryl methyl sites for hydroxylation is 2. The lowest BCUT2D eigenvalue weighted by Crippen LogP contribution is -2.45. The molecule has 28 heavy (non-hydrogen) atoms. The Balaban J connectivity index is 1.50. The first-order valence-electron chi connectivity index (χ1n) is 10.8.